The molecule has 7 heteroatoms. The van der Waals surface area contributed by atoms with Crippen LogP contribution in [0.4, 0.5) is 13.2 Å². The first-order valence-corrected chi connectivity index (χ1v) is 7.59. The summed E-state index contributed by atoms with van der Waals surface area (Å²) in [7, 11) is 0. The van der Waals surface area contributed by atoms with E-state index in [0.29, 0.717) is 13.2 Å². The number of rotatable bonds is 9. The maximum Gasteiger partial charge on any atom is 0.416 e. The van der Waals surface area contributed by atoms with E-state index in [1.54, 1.807) is 0 Å². The number of halogens is 3. The van der Waals surface area contributed by atoms with Crippen LogP contribution >= 0.6 is 0 Å². The number of hydrogen-bond donors (Lipinski definition) is 1. The maximum absolute atomic E-state index is 12.4. The predicted octanol–water partition coefficient (Wildman–Crippen LogP) is 3.02. The second-order valence-electron chi connectivity index (χ2n) is 5.53. The van der Waals surface area contributed by atoms with Gasteiger partial charge in [-0.05, 0) is 49.4 Å². The molecule has 0 unspecified atom stereocenters. The smallest absolute Gasteiger partial charge is 0.416 e. The zero-order valence-electron chi connectivity index (χ0n) is 12.7. The van der Waals surface area contributed by atoms with Crippen molar-refractivity contribution in [2.75, 3.05) is 26.4 Å². The molecule has 1 amide bonds. The van der Waals surface area contributed by atoms with Crippen molar-refractivity contribution >= 4 is 5.91 Å². The van der Waals surface area contributed by atoms with E-state index >= 15 is 0 Å². The average Bonchev–Trinajstić information content (AvgIpc) is 3.32. The van der Waals surface area contributed by atoms with Crippen LogP contribution < -0.4 is 10.1 Å². The van der Waals surface area contributed by atoms with E-state index in [-0.39, 0.29) is 18.3 Å². The van der Waals surface area contributed by atoms with Crippen molar-refractivity contribution in [2.24, 2.45) is 5.92 Å². The Kier molecular flexibility index (Phi) is 6.27. The largest absolute Gasteiger partial charge is 0.484 e. The van der Waals surface area contributed by atoms with Crippen molar-refractivity contribution in [3.8, 4) is 5.75 Å². The molecule has 1 aliphatic rings. The normalized spacial score (nSPS) is 14.6. The number of carbonyl (C=O) groups excluding carboxylic acids is 1. The lowest BCUT2D eigenvalue weighted by atomic mass is 10.2. The first-order chi connectivity index (χ1) is 10.9. The molecule has 23 heavy (non-hydrogen) atoms. The van der Waals surface area contributed by atoms with E-state index < -0.39 is 11.7 Å². The number of benzene rings is 1. The Morgan fingerprint density at radius 3 is 2.52 bits per heavy atom. The number of nitrogens with one attached hydrogen (secondary N) is 1. The van der Waals surface area contributed by atoms with Crippen LogP contribution in [0.1, 0.15) is 24.8 Å². The molecule has 1 aliphatic carbocycles. The second kappa shape index (κ2) is 8.19. The molecular weight excluding hydrogens is 311 g/mol. The Morgan fingerprint density at radius 2 is 1.91 bits per heavy atom. The van der Waals surface area contributed by atoms with Crippen LogP contribution in [0.3, 0.4) is 0 Å². The van der Waals surface area contributed by atoms with Crippen LogP contribution in [0.25, 0.3) is 0 Å². The van der Waals surface area contributed by atoms with Gasteiger partial charge in [0.1, 0.15) is 5.75 Å². The fraction of sp³-hybridized carbons (Fsp3) is 0.562. The molecule has 0 spiro atoms. The van der Waals surface area contributed by atoms with Gasteiger partial charge in [-0.15, -0.1) is 0 Å². The average molecular weight is 331 g/mol. The van der Waals surface area contributed by atoms with E-state index in [0.717, 1.165) is 31.1 Å². The van der Waals surface area contributed by atoms with E-state index in [1.807, 2.05) is 0 Å². The van der Waals surface area contributed by atoms with E-state index in [9.17, 15) is 18.0 Å². The van der Waals surface area contributed by atoms with Gasteiger partial charge in [-0.2, -0.15) is 13.2 Å². The number of carbonyl (C=O) groups is 1. The molecule has 0 atom stereocenters. The Morgan fingerprint density at radius 1 is 1.22 bits per heavy atom. The van der Waals surface area contributed by atoms with Crippen molar-refractivity contribution in [1.82, 2.24) is 5.32 Å². The Hall–Kier alpha value is -1.76. The first kappa shape index (κ1) is 17.6. The van der Waals surface area contributed by atoms with Gasteiger partial charge in [0, 0.05) is 19.8 Å². The molecule has 4 nitrogen and oxygen atoms in total. The van der Waals surface area contributed by atoms with Crippen molar-refractivity contribution in [3.63, 3.8) is 0 Å². The topological polar surface area (TPSA) is 47.6 Å². The van der Waals surface area contributed by atoms with Crippen LogP contribution in [-0.4, -0.2) is 32.3 Å². The number of alkyl halides is 3. The molecule has 128 valence electrons. The van der Waals surface area contributed by atoms with E-state index in [4.69, 9.17) is 9.47 Å². The van der Waals surface area contributed by atoms with Gasteiger partial charge in [0.05, 0.1) is 5.56 Å². The summed E-state index contributed by atoms with van der Waals surface area (Å²) in [5.41, 5.74) is -0.750. The summed E-state index contributed by atoms with van der Waals surface area (Å²) >= 11 is 0. The maximum atomic E-state index is 12.4. The Labute approximate surface area is 133 Å². The molecule has 0 bridgehead atoms. The number of hydrogen-bond acceptors (Lipinski definition) is 3. The molecule has 0 aromatic heterocycles. The van der Waals surface area contributed by atoms with Crippen molar-refractivity contribution < 1.29 is 27.4 Å². The fourth-order valence-corrected chi connectivity index (χ4v) is 1.88. The van der Waals surface area contributed by atoms with Gasteiger partial charge < -0.3 is 14.8 Å². The standard InChI is InChI=1S/C16H20F3NO3/c17-16(18,19)13-4-6-14(7-5-13)23-11-15(21)20-8-1-9-22-10-12-2-3-12/h4-7,12H,1-3,8-11H2,(H,20,21). The highest BCUT2D eigenvalue weighted by molar-refractivity contribution is 5.77. The summed E-state index contributed by atoms with van der Waals surface area (Å²) in [5.74, 6) is 0.634. The van der Waals surface area contributed by atoms with Gasteiger partial charge in [0.25, 0.3) is 5.91 Å². The lowest BCUT2D eigenvalue weighted by Gasteiger charge is -2.09. The molecule has 1 N–H and O–H groups in total. The number of ether oxygens (including phenoxy) is 2. The lowest BCUT2D eigenvalue weighted by Crippen LogP contribution is -2.30. The van der Waals surface area contributed by atoms with Gasteiger partial charge in [-0.3, -0.25) is 4.79 Å². The summed E-state index contributed by atoms with van der Waals surface area (Å²) in [4.78, 5) is 11.5. The van der Waals surface area contributed by atoms with Crippen molar-refractivity contribution in [3.05, 3.63) is 29.8 Å². The Bertz CT molecular complexity index is 498. The van der Waals surface area contributed by atoms with Gasteiger partial charge in [-0.25, -0.2) is 0 Å². The summed E-state index contributed by atoms with van der Waals surface area (Å²) in [5, 5.41) is 2.67. The summed E-state index contributed by atoms with van der Waals surface area (Å²) in [6.45, 7) is 1.66. The van der Waals surface area contributed by atoms with Crippen molar-refractivity contribution in [1.29, 1.82) is 0 Å². The molecular formula is C16H20F3NO3. The van der Waals surface area contributed by atoms with Crippen LogP contribution in [-0.2, 0) is 15.7 Å². The van der Waals surface area contributed by atoms with Gasteiger partial charge in [-0.1, -0.05) is 0 Å². The molecule has 0 radical (unpaired) electrons. The third-order valence-corrected chi connectivity index (χ3v) is 3.39. The first-order valence-electron chi connectivity index (χ1n) is 7.59. The zero-order valence-corrected chi connectivity index (χ0v) is 12.7. The molecule has 0 heterocycles. The minimum atomic E-state index is -4.38. The fourth-order valence-electron chi connectivity index (χ4n) is 1.88. The van der Waals surface area contributed by atoms with E-state index in [2.05, 4.69) is 5.32 Å². The second-order valence-corrected chi connectivity index (χ2v) is 5.53. The highest BCUT2D eigenvalue weighted by Gasteiger charge is 2.30. The van der Waals surface area contributed by atoms with Crippen molar-refractivity contribution in [2.45, 2.75) is 25.4 Å². The minimum absolute atomic E-state index is 0.223. The predicted molar refractivity (Wildman–Crippen MR) is 78.1 cm³/mol. The van der Waals surface area contributed by atoms with E-state index in [1.165, 1.54) is 25.0 Å². The number of amides is 1. The Balaban J connectivity index is 1.56. The van der Waals surface area contributed by atoms with Crippen LogP contribution in [0.2, 0.25) is 0 Å². The van der Waals surface area contributed by atoms with Crippen LogP contribution in [0.5, 0.6) is 5.75 Å². The summed E-state index contributed by atoms with van der Waals surface area (Å²) < 4.78 is 47.8. The molecule has 2 rings (SSSR count). The summed E-state index contributed by atoms with van der Waals surface area (Å²) in [6.07, 6.45) is -1.16. The van der Waals surface area contributed by atoms with Gasteiger partial charge in [0.15, 0.2) is 6.61 Å². The molecule has 1 aromatic rings. The van der Waals surface area contributed by atoms with Gasteiger partial charge in [0.2, 0.25) is 0 Å². The van der Waals surface area contributed by atoms with Crippen LogP contribution in [0, 0.1) is 5.92 Å². The third kappa shape index (κ3) is 6.90. The monoisotopic (exact) mass is 331 g/mol. The quantitative estimate of drug-likeness (QED) is 0.708. The molecule has 0 aliphatic heterocycles. The highest BCUT2D eigenvalue weighted by atomic mass is 19.4. The molecule has 1 aromatic carbocycles. The molecule has 0 saturated heterocycles. The SMILES string of the molecule is O=C(COc1ccc(C(F)(F)F)cc1)NCCCOCC1CC1. The molecule has 1 fully saturated rings. The third-order valence-electron chi connectivity index (χ3n) is 3.39. The van der Waals surface area contributed by atoms with Crippen LogP contribution in [0.15, 0.2) is 24.3 Å². The minimum Gasteiger partial charge on any atom is -0.484 e. The highest BCUT2D eigenvalue weighted by Crippen LogP contribution is 2.30. The molecule has 1 saturated carbocycles. The lowest BCUT2D eigenvalue weighted by molar-refractivity contribution is -0.137. The summed E-state index contributed by atoms with van der Waals surface area (Å²) in [6, 6.07) is 4.23. The van der Waals surface area contributed by atoms with Gasteiger partial charge >= 0.3 is 6.18 Å². The zero-order chi connectivity index (χ0) is 16.7.